The Morgan fingerprint density at radius 1 is 1.35 bits per heavy atom. The molecule has 0 saturated heterocycles. The smallest absolute Gasteiger partial charge is 0.224 e. The van der Waals surface area contributed by atoms with Crippen molar-refractivity contribution in [2.75, 3.05) is 23.9 Å². The van der Waals surface area contributed by atoms with Gasteiger partial charge in [-0.15, -0.1) is 0 Å². The summed E-state index contributed by atoms with van der Waals surface area (Å²) in [5.74, 6) is 1.08. The standard InChI is InChI=1S/C13H19NO2S/c1-17-10-2-3-13(16)14-12-6-4-11(5-7-12)8-9-15/h4-7,15H,2-3,8-10H2,1H3,(H,14,16). The van der Waals surface area contributed by atoms with Gasteiger partial charge in [-0.1, -0.05) is 12.1 Å². The Balaban J connectivity index is 2.37. The van der Waals surface area contributed by atoms with E-state index in [4.69, 9.17) is 5.11 Å². The molecular weight excluding hydrogens is 234 g/mol. The maximum Gasteiger partial charge on any atom is 0.224 e. The van der Waals surface area contributed by atoms with Crippen molar-refractivity contribution in [3.63, 3.8) is 0 Å². The molecule has 0 aliphatic rings. The van der Waals surface area contributed by atoms with Crippen LogP contribution in [0.3, 0.4) is 0 Å². The number of carbonyl (C=O) groups excluding carboxylic acids is 1. The minimum atomic E-state index is 0.0639. The monoisotopic (exact) mass is 253 g/mol. The predicted molar refractivity (Wildman–Crippen MR) is 73.5 cm³/mol. The summed E-state index contributed by atoms with van der Waals surface area (Å²) in [6, 6.07) is 7.59. The van der Waals surface area contributed by atoms with Crippen LogP contribution < -0.4 is 5.32 Å². The Labute approximate surface area is 107 Å². The van der Waals surface area contributed by atoms with Crippen LogP contribution in [0.25, 0.3) is 0 Å². The molecule has 3 nitrogen and oxygen atoms in total. The summed E-state index contributed by atoms with van der Waals surface area (Å²) in [7, 11) is 0. The molecule has 1 aromatic rings. The van der Waals surface area contributed by atoms with Crippen molar-refractivity contribution in [1.82, 2.24) is 0 Å². The molecule has 0 aliphatic carbocycles. The summed E-state index contributed by atoms with van der Waals surface area (Å²) in [4.78, 5) is 11.5. The fraction of sp³-hybridized carbons (Fsp3) is 0.462. The zero-order valence-corrected chi connectivity index (χ0v) is 10.9. The van der Waals surface area contributed by atoms with Crippen molar-refractivity contribution < 1.29 is 9.90 Å². The molecule has 2 N–H and O–H groups in total. The lowest BCUT2D eigenvalue weighted by molar-refractivity contribution is -0.116. The van der Waals surface area contributed by atoms with Gasteiger partial charge in [0.2, 0.25) is 5.91 Å². The van der Waals surface area contributed by atoms with E-state index in [9.17, 15) is 4.79 Å². The molecule has 1 amide bonds. The number of nitrogens with one attached hydrogen (secondary N) is 1. The van der Waals surface area contributed by atoms with Gasteiger partial charge in [-0.25, -0.2) is 0 Å². The van der Waals surface area contributed by atoms with Gasteiger partial charge in [0, 0.05) is 18.7 Å². The highest BCUT2D eigenvalue weighted by atomic mass is 32.2. The van der Waals surface area contributed by atoms with Crippen LogP contribution in [-0.2, 0) is 11.2 Å². The average Bonchev–Trinajstić information content (AvgIpc) is 2.32. The number of benzene rings is 1. The molecule has 1 rings (SSSR count). The summed E-state index contributed by atoms with van der Waals surface area (Å²) in [6.45, 7) is 0.153. The topological polar surface area (TPSA) is 49.3 Å². The van der Waals surface area contributed by atoms with Gasteiger partial charge in [-0.2, -0.15) is 11.8 Å². The molecule has 0 bridgehead atoms. The van der Waals surface area contributed by atoms with Crippen molar-refractivity contribution in [1.29, 1.82) is 0 Å². The second kappa shape index (κ2) is 8.14. The Kier molecular flexibility index (Phi) is 6.74. The maximum absolute atomic E-state index is 11.5. The molecule has 4 heteroatoms. The number of aliphatic hydroxyl groups is 1. The van der Waals surface area contributed by atoms with E-state index in [0.717, 1.165) is 23.4 Å². The number of carbonyl (C=O) groups is 1. The lowest BCUT2D eigenvalue weighted by atomic mass is 10.1. The first-order valence-electron chi connectivity index (χ1n) is 5.75. The van der Waals surface area contributed by atoms with Gasteiger partial charge < -0.3 is 10.4 Å². The summed E-state index contributed by atoms with van der Waals surface area (Å²) < 4.78 is 0. The van der Waals surface area contributed by atoms with Crippen LogP contribution >= 0.6 is 11.8 Å². The van der Waals surface area contributed by atoms with Crippen LogP contribution in [0.5, 0.6) is 0 Å². The summed E-state index contributed by atoms with van der Waals surface area (Å²) in [6.07, 6.45) is 4.18. The van der Waals surface area contributed by atoms with Crippen LogP contribution in [-0.4, -0.2) is 29.6 Å². The normalized spacial score (nSPS) is 10.2. The molecule has 1 aromatic carbocycles. The molecule has 94 valence electrons. The van der Waals surface area contributed by atoms with Crippen LogP contribution in [0.4, 0.5) is 5.69 Å². The molecule has 17 heavy (non-hydrogen) atoms. The van der Waals surface area contributed by atoms with E-state index >= 15 is 0 Å². The van der Waals surface area contributed by atoms with Gasteiger partial charge >= 0.3 is 0 Å². The molecule has 0 fully saturated rings. The van der Waals surface area contributed by atoms with E-state index in [1.165, 1.54) is 0 Å². The number of rotatable bonds is 7. The Morgan fingerprint density at radius 2 is 2.06 bits per heavy atom. The minimum Gasteiger partial charge on any atom is -0.396 e. The molecule has 0 aromatic heterocycles. The van der Waals surface area contributed by atoms with Crippen LogP contribution in [0.15, 0.2) is 24.3 Å². The zero-order chi connectivity index (χ0) is 12.5. The maximum atomic E-state index is 11.5. The molecule has 0 atom stereocenters. The third-order valence-corrected chi connectivity index (χ3v) is 3.09. The van der Waals surface area contributed by atoms with Crippen molar-refractivity contribution in [2.24, 2.45) is 0 Å². The van der Waals surface area contributed by atoms with Gasteiger partial charge in [0.1, 0.15) is 0 Å². The number of hydrogen-bond acceptors (Lipinski definition) is 3. The van der Waals surface area contributed by atoms with Crippen LogP contribution in [0.1, 0.15) is 18.4 Å². The summed E-state index contributed by atoms with van der Waals surface area (Å²) >= 11 is 1.75. The number of thioether (sulfide) groups is 1. The summed E-state index contributed by atoms with van der Waals surface area (Å²) in [5, 5.41) is 11.6. The first kappa shape index (κ1) is 14.1. The highest BCUT2D eigenvalue weighted by Gasteiger charge is 2.01. The largest absolute Gasteiger partial charge is 0.396 e. The van der Waals surface area contributed by atoms with E-state index in [1.54, 1.807) is 11.8 Å². The Hall–Kier alpha value is -1.00. The predicted octanol–water partition coefficient (Wildman–Crippen LogP) is 2.30. The molecule has 0 heterocycles. The van der Waals surface area contributed by atoms with Gasteiger partial charge in [-0.05, 0) is 42.5 Å². The first-order valence-corrected chi connectivity index (χ1v) is 7.14. The SMILES string of the molecule is CSCCCC(=O)Nc1ccc(CCO)cc1. The lowest BCUT2D eigenvalue weighted by Gasteiger charge is -2.05. The molecule has 0 spiro atoms. The van der Waals surface area contributed by atoms with Gasteiger partial charge in [-0.3, -0.25) is 4.79 Å². The Bertz CT molecular complexity index is 338. The van der Waals surface area contributed by atoms with Gasteiger partial charge in [0.25, 0.3) is 0 Å². The fourth-order valence-electron chi connectivity index (χ4n) is 1.48. The quantitative estimate of drug-likeness (QED) is 0.733. The average molecular weight is 253 g/mol. The van der Waals surface area contributed by atoms with Crippen molar-refractivity contribution >= 4 is 23.4 Å². The minimum absolute atomic E-state index is 0.0639. The van der Waals surface area contributed by atoms with Crippen molar-refractivity contribution in [2.45, 2.75) is 19.3 Å². The number of amides is 1. The first-order chi connectivity index (χ1) is 8.26. The number of aliphatic hydroxyl groups excluding tert-OH is 1. The summed E-state index contributed by atoms with van der Waals surface area (Å²) in [5.41, 5.74) is 1.90. The van der Waals surface area contributed by atoms with Gasteiger partial charge in [0.05, 0.1) is 0 Å². The lowest BCUT2D eigenvalue weighted by Crippen LogP contribution is -2.11. The molecule has 0 radical (unpaired) electrons. The Morgan fingerprint density at radius 3 is 2.65 bits per heavy atom. The number of hydrogen-bond donors (Lipinski definition) is 2. The molecule has 0 unspecified atom stereocenters. The highest BCUT2D eigenvalue weighted by Crippen LogP contribution is 2.11. The molecule has 0 saturated carbocycles. The van der Waals surface area contributed by atoms with E-state index in [0.29, 0.717) is 12.8 Å². The second-order valence-electron chi connectivity index (χ2n) is 3.82. The van der Waals surface area contributed by atoms with Crippen molar-refractivity contribution in [3.8, 4) is 0 Å². The zero-order valence-electron chi connectivity index (χ0n) is 10.1. The van der Waals surface area contributed by atoms with Gasteiger partial charge in [0.15, 0.2) is 0 Å². The van der Waals surface area contributed by atoms with E-state index in [2.05, 4.69) is 5.32 Å². The van der Waals surface area contributed by atoms with Crippen LogP contribution in [0.2, 0.25) is 0 Å². The van der Waals surface area contributed by atoms with E-state index in [1.807, 2.05) is 30.5 Å². The van der Waals surface area contributed by atoms with Crippen LogP contribution in [0, 0.1) is 0 Å². The van der Waals surface area contributed by atoms with Crippen molar-refractivity contribution in [3.05, 3.63) is 29.8 Å². The molecule has 0 aliphatic heterocycles. The number of anilines is 1. The van der Waals surface area contributed by atoms with E-state index in [-0.39, 0.29) is 12.5 Å². The molecular formula is C13H19NO2S. The van der Waals surface area contributed by atoms with E-state index < -0.39 is 0 Å². The second-order valence-corrected chi connectivity index (χ2v) is 4.80. The third-order valence-electron chi connectivity index (χ3n) is 2.39. The fourth-order valence-corrected chi connectivity index (χ4v) is 1.92. The highest BCUT2D eigenvalue weighted by molar-refractivity contribution is 7.98. The third kappa shape index (κ3) is 5.75.